The molecule has 0 heterocycles. The Bertz CT molecular complexity index is 520. The molecule has 0 fully saturated rings. The van der Waals surface area contributed by atoms with Gasteiger partial charge in [-0.15, -0.1) is 0 Å². The van der Waals surface area contributed by atoms with Crippen molar-refractivity contribution in [2.45, 2.75) is 30.2 Å². The Labute approximate surface area is 107 Å². The summed E-state index contributed by atoms with van der Waals surface area (Å²) in [4.78, 5) is 2.37. The van der Waals surface area contributed by atoms with Gasteiger partial charge in [-0.25, -0.2) is 0 Å². The van der Waals surface area contributed by atoms with E-state index in [1.165, 1.54) is 16.0 Å². The smallest absolute Gasteiger partial charge is 0.0692 e. The Balaban J connectivity index is 2.31. The molecule has 2 aromatic rings. The number of hydrogen-bond acceptors (Lipinski definition) is 2. The Morgan fingerprint density at radius 2 is 1.76 bits per heavy atom. The molecule has 0 aliphatic rings. The summed E-state index contributed by atoms with van der Waals surface area (Å²) in [5, 5.41) is 9.30. The summed E-state index contributed by atoms with van der Waals surface area (Å²) in [7, 11) is 0. The van der Waals surface area contributed by atoms with Crippen LogP contribution in [0.1, 0.15) is 16.7 Å². The number of aliphatic hydroxyl groups excluding tert-OH is 1. The maximum absolute atomic E-state index is 9.30. The molecule has 0 unspecified atom stereocenters. The third-order valence-corrected chi connectivity index (χ3v) is 3.99. The van der Waals surface area contributed by atoms with Gasteiger partial charge in [0.15, 0.2) is 0 Å². The van der Waals surface area contributed by atoms with Gasteiger partial charge in [-0.05, 0) is 37.1 Å². The van der Waals surface area contributed by atoms with E-state index in [0.717, 1.165) is 10.5 Å². The van der Waals surface area contributed by atoms with Gasteiger partial charge in [-0.2, -0.15) is 0 Å². The maximum Gasteiger partial charge on any atom is 0.0692 e. The van der Waals surface area contributed by atoms with Crippen molar-refractivity contribution in [3.05, 3.63) is 59.2 Å². The van der Waals surface area contributed by atoms with E-state index >= 15 is 0 Å². The van der Waals surface area contributed by atoms with E-state index in [2.05, 4.69) is 38.1 Å². The third-order valence-electron chi connectivity index (χ3n) is 2.69. The lowest BCUT2D eigenvalue weighted by atomic mass is 10.2. The van der Waals surface area contributed by atoms with Crippen molar-refractivity contribution in [3.63, 3.8) is 0 Å². The molecule has 0 aliphatic carbocycles. The first-order valence-corrected chi connectivity index (χ1v) is 6.46. The van der Waals surface area contributed by atoms with Gasteiger partial charge < -0.3 is 5.11 Å². The highest BCUT2D eigenvalue weighted by Gasteiger charge is 2.05. The van der Waals surface area contributed by atoms with Crippen LogP contribution in [-0.2, 0) is 6.61 Å². The second-order valence-corrected chi connectivity index (χ2v) is 5.22. The fourth-order valence-electron chi connectivity index (χ4n) is 1.77. The quantitative estimate of drug-likeness (QED) is 0.882. The van der Waals surface area contributed by atoms with Gasteiger partial charge in [-0.1, -0.05) is 47.7 Å². The van der Waals surface area contributed by atoms with Crippen LogP contribution in [0, 0.1) is 13.8 Å². The van der Waals surface area contributed by atoms with Gasteiger partial charge >= 0.3 is 0 Å². The lowest BCUT2D eigenvalue weighted by molar-refractivity contribution is 0.279. The Morgan fingerprint density at radius 3 is 2.47 bits per heavy atom. The van der Waals surface area contributed by atoms with Crippen LogP contribution in [0.3, 0.4) is 0 Å². The molecule has 0 saturated carbocycles. The molecule has 0 radical (unpaired) electrons. The molecule has 1 nitrogen and oxygen atoms in total. The van der Waals surface area contributed by atoms with Crippen molar-refractivity contribution in [2.75, 3.05) is 0 Å². The van der Waals surface area contributed by atoms with Crippen molar-refractivity contribution in [1.29, 1.82) is 0 Å². The second-order valence-electron chi connectivity index (χ2n) is 4.14. The molecular formula is C15H16OS. The van der Waals surface area contributed by atoms with Gasteiger partial charge in [0.1, 0.15) is 0 Å². The van der Waals surface area contributed by atoms with Crippen molar-refractivity contribution in [2.24, 2.45) is 0 Å². The van der Waals surface area contributed by atoms with Crippen LogP contribution >= 0.6 is 11.8 Å². The number of benzene rings is 2. The van der Waals surface area contributed by atoms with E-state index in [4.69, 9.17) is 0 Å². The van der Waals surface area contributed by atoms with Gasteiger partial charge in [0, 0.05) is 9.79 Å². The van der Waals surface area contributed by atoms with Gasteiger partial charge in [-0.3, -0.25) is 0 Å². The van der Waals surface area contributed by atoms with Crippen LogP contribution in [0.15, 0.2) is 52.3 Å². The fraction of sp³-hybridized carbons (Fsp3) is 0.200. The summed E-state index contributed by atoms with van der Waals surface area (Å²) in [5.41, 5.74) is 3.54. The minimum atomic E-state index is 0.0914. The second kappa shape index (κ2) is 5.39. The summed E-state index contributed by atoms with van der Waals surface area (Å²) < 4.78 is 0. The van der Waals surface area contributed by atoms with Crippen LogP contribution in [-0.4, -0.2) is 5.11 Å². The summed E-state index contributed by atoms with van der Waals surface area (Å²) in [6.07, 6.45) is 0. The van der Waals surface area contributed by atoms with Gasteiger partial charge in [0.05, 0.1) is 6.61 Å². The molecule has 0 amide bonds. The normalized spacial score (nSPS) is 10.5. The molecule has 0 saturated heterocycles. The average Bonchev–Trinajstić information content (AvgIpc) is 2.33. The molecule has 0 aliphatic heterocycles. The predicted octanol–water partition coefficient (Wildman–Crippen LogP) is 3.95. The average molecular weight is 244 g/mol. The first-order valence-electron chi connectivity index (χ1n) is 5.64. The molecule has 2 heteroatoms. The Hall–Kier alpha value is -1.25. The lowest BCUT2D eigenvalue weighted by Gasteiger charge is -2.09. The topological polar surface area (TPSA) is 20.2 Å². The monoisotopic (exact) mass is 244 g/mol. The summed E-state index contributed by atoms with van der Waals surface area (Å²) in [5.74, 6) is 0. The predicted molar refractivity (Wildman–Crippen MR) is 72.4 cm³/mol. The minimum Gasteiger partial charge on any atom is -0.392 e. The number of aryl methyl sites for hydroxylation is 2. The maximum atomic E-state index is 9.30. The SMILES string of the molecule is Cc1ccc(Sc2ccccc2CO)c(C)c1. The highest BCUT2D eigenvalue weighted by atomic mass is 32.2. The van der Waals surface area contributed by atoms with E-state index in [1.807, 2.05) is 18.2 Å². The van der Waals surface area contributed by atoms with Gasteiger partial charge in [0.25, 0.3) is 0 Å². The van der Waals surface area contributed by atoms with Crippen LogP contribution in [0.2, 0.25) is 0 Å². The van der Waals surface area contributed by atoms with Crippen LogP contribution < -0.4 is 0 Å². The number of aliphatic hydroxyl groups is 1. The molecule has 88 valence electrons. The summed E-state index contributed by atoms with van der Waals surface area (Å²) in [6, 6.07) is 14.4. The summed E-state index contributed by atoms with van der Waals surface area (Å²) in [6.45, 7) is 4.31. The van der Waals surface area contributed by atoms with E-state index < -0.39 is 0 Å². The van der Waals surface area contributed by atoms with Crippen LogP contribution in [0.5, 0.6) is 0 Å². The molecule has 2 rings (SSSR count). The first-order chi connectivity index (χ1) is 8.20. The van der Waals surface area contributed by atoms with E-state index in [0.29, 0.717) is 0 Å². The standard InChI is InChI=1S/C15H16OS/c1-11-7-8-14(12(2)9-11)17-15-6-4-3-5-13(15)10-16/h3-9,16H,10H2,1-2H3. The van der Waals surface area contributed by atoms with Crippen molar-refractivity contribution in [1.82, 2.24) is 0 Å². The fourth-order valence-corrected chi connectivity index (χ4v) is 2.77. The first kappa shape index (κ1) is 12.2. The lowest BCUT2D eigenvalue weighted by Crippen LogP contribution is -1.88. The van der Waals surface area contributed by atoms with Crippen molar-refractivity contribution >= 4 is 11.8 Å². The highest BCUT2D eigenvalue weighted by Crippen LogP contribution is 2.32. The molecule has 2 aromatic carbocycles. The third kappa shape index (κ3) is 2.90. The zero-order chi connectivity index (χ0) is 12.3. The molecule has 1 N–H and O–H groups in total. The van der Waals surface area contributed by atoms with Crippen molar-refractivity contribution in [3.8, 4) is 0 Å². The summed E-state index contributed by atoms with van der Waals surface area (Å²) >= 11 is 1.71. The van der Waals surface area contributed by atoms with Crippen LogP contribution in [0.25, 0.3) is 0 Å². The molecule has 0 atom stereocenters. The molecular weight excluding hydrogens is 228 g/mol. The Kier molecular flexibility index (Phi) is 3.87. The largest absolute Gasteiger partial charge is 0.392 e. The zero-order valence-electron chi connectivity index (χ0n) is 10.1. The number of hydrogen-bond donors (Lipinski definition) is 1. The number of rotatable bonds is 3. The molecule has 0 spiro atoms. The zero-order valence-corrected chi connectivity index (χ0v) is 10.9. The van der Waals surface area contributed by atoms with Crippen molar-refractivity contribution < 1.29 is 5.11 Å². The van der Waals surface area contributed by atoms with E-state index in [1.54, 1.807) is 11.8 Å². The molecule has 0 aromatic heterocycles. The minimum absolute atomic E-state index is 0.0914. The van der Waals surface area contributed by atoms with Gasteiger partial charge in [0.2, 0.25) is 0 Å². The molecule has 0 bridgehead atoms. The Morgan fingerprint density at radius 1 is 1.00 bits per heavy atom. The molecule has 17 heavy (non-hydrogen) atoms. The van der Waals surface area contributed by atoms with E-state index in [-0.39, 0.29) is 6.61 Å². The van der Waals surface area contributed by atoms with E-state index in [9.17, 15) is 5.11 Å². The van der Waals surface area contributed by atoms with Crippen LogP contribution in [0.4, 0.5) is 0 Å². The highest BCUT2D eigenvalue weighted by molar-refractivity contribution is 7.99.